The third kappa shape index (κ3) is 5.40. The van der Waals surface area contributed by atoms with Gasteiger partial charge in [-0.15, -0.1) is 16.4 Å². The van der Waals surface area contributed by atoms with Crippen LogP contribution in [0.1, 0.15) is 30.3 Å². The molecular formula is C23H24N6O2S2. The smallest absolute Gasteiger partial charge is 0.237 e. The fourth-order valence-corrected chi connectivity index (χ4v) is 5.51. The molecule has 4 aromatic rings. The van der Waals surface area contributed by atoms with Crippen molar-refractivity contribution in [2.75, 3.05) is 11.9 Å². The van der Waals surface area contributed by atoms with E-state index >= 15 is 0 Å². The molecule has 1 N–H and O–H groups in total. The first-order chi connectivity index (χ1) is 16.1. The molecule has 1 fully saturated rings. The third-order valence-corrected chi connectivity index (χ3v) is 7.57. The van der Waals surface area contributed by atoms with E-state index in [0.29, 0.717) is 11.7 Å². The summed E-state index contributed by atoms with van der Waals surface area (Å²) in [6.45, 7) is 3.25. The van der Waals surface area contributed by atoms with Crippen molar-refractivity contribution in [1.82, 2.24) is 25.2 Å². The number of fused-ring (bicyclic) bond motifs is 1. The second-order valence-corrected chi connectivity index (χ2v) is 10.4. The number of benzene rings is 2. The Morgan fingerprint density at radius 2 is 2.12 bits per heavy atom. The molecule has 0 saturated carbocycles. The van der Waals surface area contributed by atoms with Crippen molar-refractivity contribution in [3.8, 4) is 0 Å². The minimum atomic E-state index is -0.346. The molecule has 5 rings (SSSR count). The van der Waals surface area contributed by atoms with Crippen LogP contribution in [0.4, 0.5) is 5.69 Å². The minimum Gasteiger partial charge on any atom is -0.376 e. The molecule has 2 aromatic carbocycles. The van der Waals surface area contributed by atoms with Crippen molar-refractivity contribution >= 4 is 44.9 Å². The Morgan fingerprint density at radius 1 is 1.27 bits per heavy atom. The van der Waals surface area contributed by atoms with Gasteiger partial charge in [-0.2, -0.15) is 0 Å². The quantitative estimate of drug-likeness (QED) is 0.378. The van der Waals surface area contributed by atoms with E-state index in [2.05, 4.69) is 26.9 Å². The molecule has 0 bridgehead atoms. The number of aromatic nitrogens is 5. The number of nitrogens with zero attached hydrogens (tertiary/aromatic N) is 5. The van der Waals surface area contributed by atoms with Crippen molar-refractivity contribution in [3.63, 3.8) is 0 Å². The predicted octanol–water partition coefficient (Wildman–Crippen LogP) is 4.17. The van der Waals surface area contributed by atoms with Crippen molar-refractivity contribution in [2.45, 2.75) is 49.2 Å². The number of tetrazole rings is 1. The van der Waals surface area contributed by atoms with Crippen molar-refractivity contribution in [1.29, 1.82) is 0 Å². The number of nitrogens with one attached hydrogen (secondary N) is 1. The molecule has 0 spiro atoms. The van der Waals surface area contributed by atoms with Crippen LogP contribution in [0, 0.1) is 0 Å². The lowest BCUT2D eigenvalue weighted by molar-refractivity contribution is -0.115. The standard InChI is InChI=1S/C23H24N6O2S2/c1-15(32-23-26-27-28-29(23)14-18-5-4-12-31-18)22(30)24-17-10-8-16(9-11-17)13-21-25-19-6-2-3-7-20(19)33-21/h2-3,6-11,15,18H,4-5,12-14H2,1H3,(H,24,30)/t15-,18-/m0/s1. The van der Waals surface area contributed by atoms with Crippen molar-refractivity contribution in [3.05, 3.63) is 59.1 Å². The Kier molecular flexibility index (Phi) is 6.65. The highest BCUT2D eigenvalue weighted by Gasteiger charge is 2.22. The van der Waals surface area contributed by atoms with Crippen LogP contribution >= 0.6 is 23.1 Å². The van der Waals surface area contributed by atoms with Gasteiger partial charge in [0, 0.05) is 18.7 Å². The van der Waals surface area contributed by atoms with E-state index in [0.717, 1.165) is 47.6 Å². The lowest BCUT2D eigenvalue weighted by Gasteiger charge is -2.13. The molecule has 1 amide bonds. The Labute approximate surface area is 199 Å². The highest BCUT2D eigenvalue weighted by Crippen LogP contribution is 2.25. The van der Waals surface area contributed by atoms with Crippen molar-refractivity contribution in [2.24, 2.45) is 0 Å². The Hall–Kier alpha value is -2.82. The topological polar surface area (TPSA) is 94.8 Å². The lowest BCUT2D eigenvalue weighted by Crippen LogP contribution is -2.23. The number of hydrogen-bond donors (Lipinski definition) is 1. The minimum absolute atomic E-state index is 0.0920. The van der Waals surface area contributed by atoms with E-state index in [1.54, 1.807) is 16.0 Å². The predicted molar refractivity (Wildman–Crippen MR) is 130 cm³/mol. The van der Waals surface area contributed by atoms with Crippen molar-refractivity contribution < 1.29 is 9.53 Å². The maximum Gasteiger partial charge on any atom is 0.237 e. The summed E-state index contributed by atoms with van der Waals surface area (Å²) in [5.41, 5.74) is 2.96. The number of ether oxygens (including phenoxy) is 1. The summed E-state index contributed by atoms with van der Waals surface area (Å²) in [4.78, 5) is 17.4. The summed E-state index contributed by atoms with van der Waals surface area (Å²) in [6, 6.07) is 16.1. The van der Waals surface area contributed by atoms with Crippen LogP contribution in [-0.2, 0) is 22.5 Å². The van der Waals surface area contributed by atoms with Gasteiger partial charge in [0.2, 0.25) is 11.1 Å². The number of para-hydroxylation sites is 1. The van der Waals surface area contributed by atoms with Gasteiger partial charge in [-0.3, -0.25) is 4.79 Å². The van der Waals surface area contributed by atoms with Gasteiger partial charge < -0.3 is 10.1 Å². The van der Waals surface area contributed by atoms with Gasteiger partial charge in [-0.25, -0.2) is 9.67 Å². The van der Waals surface area contributed by atoms with Crippen LogP contribution in [0.25, 0.3) is 10.2 Å². The number of thiazole rings is 1. The summed E-state index contributed by atoms with van der Waals surface area (Å²) in [5.74, 6) is -0.0920. The van der Waals surface area contributed by atoms with Crippen LogP contribution in [0.2, 0.25) is 0 Å². The first kappa shape index (κ1) is 22.0. The fourth-order valence-electron chi connectivity index (χ4n) is 3.71. The van der Waals surface area contributed by atoms with Gasteiger partial charge in [0.05, 0.1) is 33.1 Å². The Bertz CT molecular complexity index is 1200. The van der Waals surface area contributed by atoms with E-state index in [4.69, 9.17) is 9.72 Å². The maximum absolute atomic E-state index is 12.7. The molecule has 2 atom stereocenters. The van der Waals surface area contributed by atoms with Gasteiger partial charge in [0.1, 0.15) is 0 Å². The number of thioether (sulfide) groups is 1. The molecular weight excluding hydrogens is 456 g/mol. The van der Waals surface area contributed by atoms with E-state index in [1.807, 2.05) is 49.4 Å². The van der Waals surface area contributed by atoms with E-state index in [1.165, 1.54) is 16.5 Å². The van der Waals surface area contributed by atoms with Gasteiger partial charge in [-0.1, -0.05) is 36.0 Å². The van der Waals surface area contributed by atoms with E-state index < -0.39 is 0 Å². The normalized spacial score (nSPS) is 16.8. The monoisotopic (exact) mass is 480 g/mol. The van der Waals surface area contributed by atoms with Gasteiger partial charge in [0.15, 0.2) is 0 Å². The molecule has 2 aromatic heterocycles. The largest absolute Gasteiger partial charge is 0.376 e. The first-order valence-corrected chi connectivity index (χ1v) is 12.6. The number of anilines is 1. The average molecular weight is 481 g/mol. The van der Waals surface area contributed by atoms with Gasteiger partial charge >= 0.3 is 0 Å². The average Bonchev–Trinajstić information content (AvgIpc) is 3.57. The molecule has 0 unspecified atom stereocenters. The summed E-state index contributed by atoms with van der Waals surface area (Å²) in [6.07, 6.45) is 2.98. The zero-order valence-electron chi connectivity index (χ0n) is 18.2. The summed E-state index contributed by atoms with van der Waals surface area (Å²) in [5, 5.41) is 16.2. The molecule has 0 radical (unpaired) electrons. The number of amides is 1. The molecule has 0 aliphatic carbocycles. The van der Waals surface area contributed by atoms with Crippen LogP contribution < -0.4 is 5.32 Å². The summed E-state index contributed by atoms with van der Waals surface area (Å²) >= 11 is 3.06. The van der Waals surface area contributed by atoms with Crippen LogP contribution in [0.3, 0.4) is 0 Å². The molecule has 33 heavy (non-hydrogen) atoms. The van der Waals surface area contributed by atoms with E-state index in [9.17, 15) is 4.79 Å². The molecule has 10 heteroatoms. The van der Waals surface area contributed by atoms with Crippen LogP contribution in [-0.4, -0.2) is 49.1 Å². The fraction of sp³-hybridized carbons (Fsp3) is 0.348. The molecule has 1 aliphatic heterocycles. The second-order valence-electron chi connectivity index (χ2n) is 7.98. The number of carbonyl (C=O) groups excluding carboxylic acids is 1. The Morgan fingerprint density at radius 3 is 2.91 bits per heavy atom. The molecule has 170 valence electrons. The summed E-state index contributed by atoms with van der Waals surface area (Å²) in [7, 11) is 0. The van der Waals surface area contributed by atoms with Gasteiger partial charge in [-0.05, 0) is 60.0 Å². The van der Waals surface area contributed by atoms with Gasteiger partial charge in [0.25, 0.3) is 0 Å². The highest BCUT2D eigenvalue weighted by molar-refractivity contribution is 8.00. The van der Waals surface area contributed by atoms with Crippen LogP contribution in [0.5, 0.6) is 0 Å². The zero-order valence-corrected chi connectivity index (χ0v) is 19.8. The number of hydrogen-bond acceptors (Lipinski definition) is 8. The van der Waals surface area contributed by atoms with E-state index in [-0.39, 0.29) is 17.3 Å². The number of carbonyl (C=O) groups is 1. The first-order valence-electron chi connectivity index (χ1n) is 10.9. The highest BCUT2D eigenvalue weighted by atomic mass is 32.2. The number of rotatable bonds is 8. The molecule has 1 saturated heterocycles. The third-order valence-electron chi connectivity index (χ3n) is 5.47. The molecule has 3 heterocycles. The Balaban J connectivity index is 1.16. The molecule has 8 nitrogen and oxygen atoms in total. The maximum atomic E-state index is 12.7. The lowest BCUT2D eigenvalue weighted by atomic mass is 10.1. The van der Waals surface area contributed by atoms with Crippen LogP contribution in [0.15, 0.2) is 53.7 Å². The SMILES string of the molecule is C[C@H](Sc1nnnn1C[C@@H]1CCCO1)C(=O)Nc1ccc(Cc2nc3ccccc3s2)cc1. The summed E-state index contributed by atoms with van der Waals surface area (Å²) < 4.78 is 8.59. The zero-order chi connectivity index (χ0) is 22.6. The second kappa shape index (κ2) is 9.98. The molecule has 1 aliphatic rings.